The van der Waals surface area contributed by atoms with Crippen LogP contribution in [0.4, 0.5) is 9.18 Å². The summed E-state index contributed by atoms with van der Waals surface area (Å²) < 4.78 is 33.1. The van der Waals surface area contributed by atoms with Crippen LogP contribution in [0.1, 0.15) is 41.5 Å². The van der Waals surface area contributed by atoms with Crippen molar-refractivity contribution in [3.63, 3.8) is 0 Å². The van der Waals surface area contributed by atoms with Crippen molar-refractivity contribution in [2.24, 2.45) is 0 Å². The van der Waals surface area contributed by atoms with Crippen LogP contribution in [0.5, 0.6) is 11.6 Å². The van der Waals surface area contributed by atoms with Gasteiger partial charge in [0.25, 0.3) is 5.88 Å². The molecule has 2 aromatic heterocycles. The first-order valence-corrected chi connectivity index (χ1v) is 17.7. The van der Waals surface area contributed by atoms with Crippen molar-refractivity contribution in [2.75, 3.05) is 31.6 Å². The number of ether oxygens (including phenoxy) is 2. The maximum absolute atomic E-state index is 14.0. The van der Waals surface area contributed by atoms with E-state index in [0.29, 0.717) is 18.9 Å². The predicted molar refractivity (Wildman–Crippen MR) is 175 cm³/mol. The van der Waals surface area contributed by atoms with E-state index in [2.05, 4.69) is 48.7 Å². The maximum atomic E-state index is 14.0. The Labute approximate surface area is 260 Å². The summed E-state index contributed by atoms with van der Waals surface area (Å²) in [7, 11) is -1.39. The average Bonchev–Trinajstić information content (AvgIpc) is 3.32. The Morgan fingerprint density at radius 1 is 1.12 bits per heavy atom. The van der Waals surface area contributed by atoms with E-state index in [1.54, 1.807) is 28.6 Å². The lowest BCUT2D eigenvalue weighted by molar-refractivity contribution is 0.0482. The summed E-state index contributed by atoms with van der Waals surface area (Å²) in [5.74, 6) is -0.371. The van der Waals surface area contributed by atoms with Gasteiger partial charge in [-0.3, -0.25) is 4.68 Å². The molecule has 234 valence electrons. The fourth-order valence-corrected chi connectivity index (χ4v) is 4.17. The molecular formula is C30H44ClFN4O4S2. The third kappa shape index (κ3) is 11.7. The number of halogens is 2. The number of thioether (sulfide) groups is 1. The molecule has 8 nitrogen and oxygen atoms in total. The number of benzene rings is 1. The van der Waals surface area contributed by atoms with Gasteiger partial charge in [0.05, 0.1) is 29.9 Å². The van der Waals surface area contributed by atoms with Gasteiger partial charge in [0.2, 0.25) is 0 Å². The van der Waals surface area contributed by atoms with Gasteiger partial charge in [-0.15, -0.1) is 10.3 Å². The normalized spacial score (nSPS) is 13.0. The number of amides is 1. The summed E-state index contributed by atoms with van der Waals surface area (Å²) in [6.07, 6.45) is 11.0. The standard InChI is InChI=1S/C28H38ClFN4O4S.C2H6S/c1-27(2,3)38-26(35)32-21(18-36-39(7,8)28(4,5)6)17-34-14-13-24(33-34)19-9-11-22(12-10-19)37-25-23(30)15-20(29)16-31-25;1-3-2/h9-16,21H,17-18H2,1-8H3,(H,32,35);1-2H3/t21-;/m0./s1. The lowest BCUT2D eigenvalue weighted by Crippen LogP contribution is -2.44. The van der Waals surface area contributed by atoms with Gasteiger partial charge in [-0.25, -0.2) is 14.2 Å². The van der Waals surface area contributed by atoms with Crippen molar-refractivity contribution in [1.82, 2.24) is 20.1 Å². The van der Waals surface area contributed by atoms with Crippen LogP contribution in [-0.2, 0) is 15.5 Å². The number of carbonyl (C=O) groups excluding carboxylic acids is 1. The van der Waals surface area contributed by atoms with Crippen LogP contribution in [0.25, 0.3) is 11.3 Å². The highest BCUT2D eigenvalue weighted by Crippen LogP contribution is 2.53. The zero-order chi connectivity index (χ0) is 31.7. The topological polar surface area (TPSA) is 87.5 Å². The zero-order valence-electron chi connectivity index (χ0n) is 26.2. The average molecular weight is 643 g/mol. The van der Waals surface area contributed by atoms with Gasteiger partial charge in [0.1, 0.15) is 11.4 Å². The van der Waals surface area contributed by atoms with Gasteiger partial charge in [0, 0.05) is 22.7 Å². The summed E-state index contributed by atoms with van der Waals surface area (Å²) in [4.78, 5) is 16.4. The Morgan fingerprint density at radius 3 is 2.29 bits per heavy atom. The predicted octanol–water partition coefficient (Wildman–Crippen LogP) is 8.20. The molecule has 0 fully saturated rings. The second-order valence-electron chi connectivity index (χ2n) is 11.9. The molecule has 1 N–H and O–H groups in total. The van der Waals surface area contributed by atoms with E-state index in [-0.39, 0.29) is 21.7 Å². The van der Waals surface area contributed by atoms with Crippen LogP contribution in [-0.4, -0.2) is 68.9 Å². The van der Waals surface area contributed by atoms with E-state index in [9.17, 15) is 9.18 Å². The smallest absolute Gasteiger partial charge is 0.408 e. The Hall–Kier alpha value is -2.47. The molecule has 0 aliphatic heterocycles. The third-order valence-corrected chi connectivity index (χ3v) is 9.83. The van der Waals surface area contributed by atoms with Crippen LogP contribution >= 0.6 is 33.7 Å². The number of pyridine rings is 1. The Morgan fingerprint density at radius 2 is 1.74 bits per heavy atom. The highest BCUT2D eigenvalue weighted by Gasteiger charge is 2.30. The Balaban J connectivity index is 0.00000197. The van der Waals surface area contributed by atoms with Crippen molar-refractivity contribution in [3.8, 4) is 22.9 Å². The molecule has 0 radical (unpaired) electrons. The van der Waals surface area contributed by atoms with Crippen molar-refractivity contribution < 1.29 is 22.8 Å². The summed E-state index contributed by atoms with van der Waals surface area (Å²) in [5, 5.41) is 7.81. The third-order valence-electron chi connectivity index (χ3n) is 5.95. The Bertz CT molecular complexity index is 1290. The van der Waals surface area contributed by atoms with Gasteiger partial charge in [-0.1, -0.05) is 32.4 Å². The van der Waals surface area contributed by atoms with E-state index in [1.165, 1.54) is 6.20 Å². The molecule has 12 heteroatoms. The van der Waals surface area contributed by atoms with Crippen molar-refractivity contribution in [1.29, 1.82) is 0 Å². The first-order chi connectivity index (χ1) is 19.4. The highest BCUT2D eigenvalue weighted by atomic mass is 35.5. The van der Waals surface area contributed by atoms with Crippen LogP contribution in [0.15, 0.2) is 48.8 Å². The number of rotatable bonds is 9. The second kappa shape index (κ2) is 15.3. The van der Waals surface area contributed by atoms with Crippen LogP contribution < -0.4 is 10.1 Å². The minimum atomic E-state index is -1.39. The molecule has 0 aliphatic rings. The van der Waals surface area contributed by atoms with Crippen LogP contribution in [0.2, 0.25) is 5.02 Å². The molecule has 0 saturated carbocycles. The molecule has 1 atom stereocenters. The molecule has 1 aromatic carbocycles. The summed E-state index contributed by atoms with van der Waals surface area (Å²) >= 11 is 7.50. The number of carbonyl (C=O) groups is 1. The quantitative estimate of drug-likeness (QED) is 0.252. The number of nitrogens with zero attached hydrogens (tertiary/aromatic N) is 3. The first-order valence-electron chi connectivity index (χ1n) is 13.3. The molecule has 3 aromatic rings. The van der Waals surface area contributed by atoms with Gasteiger partial charge in [0.15, 0.2) is 5.82 Å². The first kappa shape index (κ1) is 35.7. The Kier molecular flexibility index (Phi) is 13.0. The molecule has 42 heavy (non-hydrogen) atoms. The molecule has 0 spiro atoms. The number of hydrogen-bond donors (Lipinski definition) is 1. The second-order valence-corrected chi connectivity index (χ2v) is 17.1. The fraction of sp³-hybridized carbons (Fsp3) is 0.500. The van der Waals surface area contributed by atoms with E-state index < -0.39 is 27.8 Å². The molecule has 0 unspecified atom stereocenters. The summed E-state index contributed by atoms with van der Waals surface area (Å²) in [6, 6.07) is 9.73. The minimum absolute atomic E-state index is 0.0202. The highest BCUT2D eigenvalue weighted by molar-refractivity contribution is 8.29. The van der Waals surface area contributed by atoms with E-state index in [1.807, 2.05) is 57.7 Å². The summed E-state index contributed by atoms with van der Waals surface area (Å²) in [6.45, 7) is 12.6. The fourth-order valence-electron chi connectivity index (χ4n) is 3.17. The van der Waals surface area contributed by atoms with Crippen LogP contribution in [0, 0.1) is 5.82 Å². The van der Waals surface area contributed by atoms with E-state index >= 15 is 0 Å². The zero-order valence-corrected chi connectivity index (χ0v) is 28.5. The lowest BCUT2D eigenvalue weighted by atomic mass is 10.1. The summed E-state index contributed by atoms with van der Waals surface area (Å²) in [5.41, 5.74) is 0.960. The van der Waals surface area contributed by atoms with Gasteiger partial charge in [-0.05, 0) is 82.2 Å². The SMILES string of the molecule is CC(C)(C)OC(=O)N[C@H](COS(C)(C)C(C)(C)C)Cn1ccc(-c2ccc(Oc3ncc(Cl)cc3F)cc2)n1.CSC. The molecule has 3 rings (SSSR count). The van der Waals surface area contributed by atoms with Crippen molar-refractivity contribution in [2.45, 2.75) is 64.5 Å². The van der Waals surface area contributed by atoms with Gasteiger partial charge >= 0.3 is 6.09 Å². The molecule has 0 aliphatic carbocycles. The van der Waals surface area contributed by atoms with Gasteiger partial charge < -0.3 is 19.0 Å². The van der Waals surface area contributed by atoms with Crippen molar-refractivity contribution >= 4 is 39.8 Å². The van der Waals surface area contributed by atoms with Crippen molar-refractivity contribution in [3.05, 3.63) is 59.6 Å². The molecule has 0 saturated heterocycles. The largest absolute Gasteiger partial charge is 0.444 e. The van der Waals surface area contributed by atoms with Gasteiger partial charge in [-0.2, -0.15) is 16.9 Å². The monoisotopic (exact) mass is 642 g/mol. The molecule has 0 bridgehead atoms. The minimum Gasteiger partial charge on any atom is -0.444 e. The molecular weight excluding hydrogens is 599 g/mol. The van der Waals surface area contributed by atoms with Crippen LogP contribution in [0.3, 0.4) is 0 Å². The molecule has 1 amide bonds. The molecule has 2 heterocycles. The lowest BCUT2D eigenvalue weighted by Gasteiger charge is -2.44. The maximum Gasteiger partial charge on any atom is 0.408 e. The number of nitrogens with one attached hydrogen (secondary N) is 1. The number of aromatic nitrogens is 3. The van der Waals surface area contributed by atoms with E-state index in [4.69, 9.17) is 25.3 Å². The number of alkyl carbamates (subject to hydrolysis) is 1. The van der Waals surface area contributed by atoms with E-state index in [0.717, 1.165) is 17.3 Å². The number of hydrogen-bond acceptors (Lipinski definition) is 7.